The SMILES string of the molecule is C[C@@H]1CCC[C@@H](N[C@H]2CCC[C@@H](C)C2)C1. The van der Waals surface area contributed by atoms with E-state index in [1.807, 2.05) is 0 Å². The number of rotatable bonds is 2. The van der Waals surface area contributed by atoms with Crippen molar-refractivity contribution in [3.05, 3.63) is 0 Å². The lowest BCUT2D eigenvalue weighted by Gasteiger charge is -2.34. The van der Waals surface area contributed by atoms with E-state index in [9.17, 15) is 0 Å². The number of hydrogen-bond donors (Lipinski definition) is 1. The molecule has 0 aromatic carbocycles. The maximum Gasteiger partial charge on any atom is 0.00721 e. The van der Waals surface area contributed by atoms with Crippen LogP contribution in [0.4, 0.5) is 0 Å². The number of nitrogens with one attached hydrogen (secondary N) is 1. The molecule has 1 heteroatoms. The summed E-state index contributed by atoms with van der Waals surface area (Å²) in [6.45, 7) is 4.83. The first kappa shape index (κ1) is 11.4. The zero-order valence-electron chi connectivity index (χ0n) is 10.5. The minimum absolute atomic E-state index is 0.837. The van der Waals surface area contributed by atoms with Gasteiger partial charge in [-0.05, 0) is 37.5 Å². The van der Waals surface area contributed by atoms with Crippen LogP contribution in [-0.4, -0.2) is 12.1 Å². The molecule has 2 aliphatic rings. The fourth-order valence-electron chi connectivity index (χ4n) is 3.50. The fraction of sp³-hybridized carbons (Fsp3) is 1.00. The van der Waals surface area contributed by atoms with E-state index in [2.05, 4.69) is 19.2 Å². The Morgan fingerprint density at radius 3 is 1.60 bits per heavy atom. The third kappa shape index (κ3) is 3.48. The van der Waals surface area contributed by atoms with Gasteiger partial charge in [0.05, 0.1) is 0 Å². The predicted molar refractivity (Wildman–Crippen MR) is 66.0 cm³/mol. The van der Waals surface area contributed by atoms with Crippen LogP contribution in [0.5, 0.6) is 0 Å². The van der Waals surface area contributed by atoms with Crippen molar-refractivity contribution < 1.29 is 0 Å². The summed E-state index contributed by atoms with van der Waals surface area (Å²) in [5.74, 6) is 1.91. The molecule has 2 aliphatic carbocycles. The van der Waals surface area contributed by atoms with Gasteiger partial charge in [-0.25, -0.2) is 0 Å². The highest BCUT2D eigenvalue weighted by molar-refractivity contribution is 4.82. The molecular weight excluding hydrogens is 182 g/mol. The van der Waals surface area contributed by atoms with Gasteiger partial charge < -0.3 is 5.32 Å². The molecule has 0 amide bonds. The summed E-state index contributed by atoms with van der Waals surface area (Å²) in [6, 6.07) is 1.67. The Morgan fingerprint density at radius 1 is 0.733 bits per heavy atom. The molecule has 0 aromatic heterocycles. The van der Waals surface area contributed by atoms with Crippen molar-refractivity contribution >= 4 is 0 Å². The molecule has 0 unspecified atom stereocenters. The Labute approximate surface area is 95.0 Å². The van der Waals surface area contributed by atoms with Gasteiger partial charge in [0.25, 0.3) is 0 Å². The molecule has 0 bridgehead atoms. The van der Waals surface area contributed by atoms with Crippen LogP contribution in [0.15, 0.2) is 0 Å². The molecule has 0 spiro atoms. The molecule has 0 aromatic rings. The lowest BCUT2D eigenvalue weighted by molar-refractivity contribution is 0.232. The van der Waals surface area contributed by atoms with E-state index in [0.29, 0.717) is 0 Å². The van der Waals surface area contributed by atoms with E-state index in [-0.39, 0.29) is 0 Å². The highest BCUT2D eigenvalue weighted by Gasteiger charge is 2.24. The van der Waals surface area contributed by atoms with Crippen molar-refractivity contribution in [2.75, 3.05) is 0 Å². The molecule has 2 fully saturated rings. The summed E-state index contributed by atoms with van der Waals surface area (Å²) in [6.07, 6.45) is 11.5. The van der Waals surface area contributed by atoms with Gasteiger partial charge in [-0.3, -0.25) is 0 Å². The van der Waals surface area contributed by atoms with Crippen LogP contribution >= 0.6 is 0 Å². The molecule has 15 heavy (non-hydrogen) atoms. The Balaban J connectivity index is 1.75. The van der Waals surface area contributed by atoms with Crippen LogP contribution in [0.3, 0.4) is 0 Å². The highest BCUT2D eigenvalue weighted by atomic mass is 15.0. The van der Waals surface area contributed by atoms with Gasteiger partial charge in [0, 0.05) is 12.1 Å². The van der Waals surface area contributed by atoms with Crippen LogP contribution in [0.2, 0.25) is 0 Å². The molecule has 0 saturated heterocycles. The van der Waals surface area contributed by atoms with Crippen LogP contribution in [-0.2, 0) is 0 Å². The molecule has 1 nitrogen and oxygen atoms in total. The molecule has 0 radical (unpaired) electrons. The van der Waals surface area contributed by atoms with Crippen molar-refractivity contribution in [3.63, 3.8) is 0 Å². The van der Waals surface area contributed by atoms with E-state index >= 15 is 0 Å². The first-order chi connectivity index (χ1) is 7.24. The normalized spacial score (nSPS) is 42.8. The van der Waals surface area contributed by atoms with Crippen molar-refractivity contribution in [2.45, 2.75) is 77.3 Å². The van der Waals surface area contributed by atoms with Gasteiger partial charge >= 0.3 is 0 Å². The molecule has 0 heterocycles. The minimum atomic E-state index is 0.837. The van der Waals surface area contributed by atoms with E-state index in [4.69, 9.17) is 0 Å². The van der Waals surface area contributed by atoms with Crippen molar-refractivity contribution in [2.24, 2.45) is 11.8 Å². The Hall–Kier alpha value is -0.0400. The van der Waals surface area contributed by atoms with Gasteiger partial charge in [0.2, 0.25) is 0 Å². The number of hydrogen-bond acceptors (Lipinski definition) is 1. The molecule has 88 valence electrons. The smallest absolute Gasteiger partial charge is 0.00721 e. The van der Waals surface area contributed by atoms with Gasteiger partial charge in [-0.2, -0.15) is 0 Å². The molecule has 0 aliphatic heterocycles. The van der Waals surface area contributed by atoms with Gasteiger partial charge in [0.1, 0.15) is 0 Å². The van der Waals surface area contributed by atoms with Crippen molar-refractivity contribution in [3.8, 4) is 0 Å². The zero-order chi connectivity index (χ0) is 10.7. The van der Waals surface area contributed by atoms with Crippen LogP contribution in [0.25, 0.3) is 0 Å². The van der Waals surface area contributed by atoms with Crippen molar-refractivity contribution in [1.82, 2.24) is 5.32 Å². The summed E-state index contributed by atoms with van der Waals surface area (Å²) >= 11 is 0. The Kier molecular flexibility index (Phi) is 4.07. The van der Waals surface area contributed by atoms with E-state index in [1.165, 1.54) is 51.4 Å². The average molecular weight is 209 g/mol. The van der Waals surface area contributed by atoms with Crippen LogP contribution < -0.4 is 5.32 Å². The monoisotopic (exact) mass is 209 g/mol. The predicted octanol–water partition coefficient (Wildman–Crippen LogP) is 3.73. The van der Waals surface area contributed by atoms with Crippen LogP contribution in [0, 0.1) is 11.8 Å². The topological polar surface area (TPSA) is 12.0 Å². The highest BCUT2D eigenvalue weighted by Crippen LogP contribution is 2.27. The first-order valence-electron chi connectivity index (χ1n) is 7.00. The Morgan fingerprint density at radius 2 is 1.20 bits per heavy atom. The second-order valence-corrected chi connectivity index (χ2v) is 6.10. The van der Waals surface area contributed by atoms with E-state index in [1.54, 1.807) is 0 Å². The quantitative estimate of drug-likeness (QED) is 0.730. The van der Waals surface area contributed by atoms with Gasteiger partial charge in [0.15, 0.2) is 0 Å². The average Bonchev–Trinajstić information content (AvgIpc) is 2.17. The van der Waals surface area contributed by atoms with Gasteiger partial charge in [-0.15, -0.1) is 0 Å². The summed E-state index contributed by atoms with van der Waals surface area (Å²) in [5, 5.41) is 3.92. The largest absolute Gasteiger partial charge is 0.311 e. The fourth-order valence-corrected chi connectivity index (χ4v) is 3.50. The molecule has 4 atom stereocenters. The first-order valence-corrected chi connectivity index (χ1v) is 7.00. The summed E-state index contributed by atoms with van der Waals surface area (Å²) in [5.41, 5.74) is 0. The zero-order valence-corrected chi connectivity index (χ0v) is 10.5. The summed E-state index contributed by atoms with van der Waals surface area (Å²) < 4.78 is 0. The van der Waals surface area contributed by atoms with Crippen molar-refractivity contribution in [1.29, 1.82) is 0 Å². The third-order valence-electron chi connectivity index (χ3n) is 4.34. The molecule has 1 N–H and O–H groups in total. The molecular formula is C14H27N. The lowest BCUT2D eigenvalue weighted by atomic mass is 9.83. The second-order valence-electron chi connectivity index (χ2n) is 6.10. The van der Waals surface area contributed by atoms with Gasteiger partial charge in [-0.1, -0.05) is 39.5 Å². The lowest BCUT2D eigenvalue weighted by Crippen LogP contribution is -2.42. The minimum Gasteiger partial charge on any atom is -0.311 e. The van der Waals surface area contributed by atoms with Crippen LogP contribution in [0.1, 0.15) is 65.2 Å². The maximum absolute atomic E-state index is 3.92. The summed E-state index contributed by atoms with van der Waals surface area (Å²) in [4.78, 5) is 0. The standard InChI is InChI=1S/C14H27N/c1-11-5-3-7-13(9-11)15-14-8-4-6-12(2)10-14/h11-15H,3-10H2,1-2H3/t11-,12-,13-,14+/m1/s1. The second kappa shape index (κ2) is 5.34. The van der Waals surface area contributed by atoms with E-state index < -0.39 is 0 Å². The summed E-state index contributed by atoms with van der Waals surface area (Å²) in [7, 11) is 0. The third-order valence-corrected chi connectivity index (χ3v) is 4.34. The Bertz CT molecular complexity index is 170. The van der Waals surface area contributed by atoms with E-state index in [0.717, 1.165) is 23.9 Å². The maximum atomic E-state index is 3.92. The molecule has 2 rings (SSSR count). The molecule has 2 saturated carbocycles.